The average molecular weight is 264 g/mol. The lowest BCUT2D eigenvalue weighted by Gasteiger charge is -2.41. The summed E-state index contributed by atoms with van der Waals surface area (Å²) in [5.41, 5.74) is 0. The highest BCUT2D eigenvalue weighted by atomic mass is 16.5. The van der Waals surface area contributed by atoms with Crippen molar-refractivity contribution in [1.82, 2.24) is 10.2 Å². The Labute approximate surface area is 117 Å². The first kappa shape index (κ1) is 13.4. The number of likely N-dealkylation sites (N-methyl/N-ethyl adjacent to an activating group) is 1. The van der Waals surface area contributed by atoms with Gasteiger partial charge in [0.25, 0.3) is 0 Å². The van der Waals surface area contributed by atoms with Crippen molar-refractivity contribution in [1.29, 1.82) is 0 Å². The Morgan fingerprint density at radius 2 is 2.11 bits per heavy atom. The number of ether oxygens (including phenoxy) is 1. The summed E-state index contributed by atoms with van der Waals surface area (Å²) in [7, 11) is 2.32. The second-order valence-corrected chi connectivity index (χ2v) is 6.41. The molecule has 0 radical (unpaired) electrons. The standard InChI is InChI=1S/C16H28N2O/c1-3-17-16(15-6-4-5-9-19-15)12-10-13-7-8-14(11-12)18(13)2/h6,12-14,16-17H,3-5,7-11H2,1-2H3. The molecule has 3 nitrogen and oxygen atoms in total. The molecule has 3 atom stereocenters. The molecule has 2 bridgehead atoms. The van der Waals surface area contributed by atoms with Crippen LogP contribution in [0.15, 0.2) is 11.8 Å². The van der Waals surface area contributed by atoms with E-state index in [9.17, 15) is 0 Å². The molecule has 0 aromatic heterocycles. The van der Waals surface area contributed by atoms with Crippen molar-refractivity contribution in [3.63, 3.8) is 0 Å². The number of piperidine rings is 1. The molecule has 0 aliphatic carbocycles. The first-order valence-electron chi connectivity index (χ1n) is 8.07. The molecule has 0 aromatic rings. The molecule has 0 amide bonds. The predicted molar refractivity (Wildman–Crippen MR) is 78.0 cm³/mol. The second kappa shape index (κ2) is 5.84. The van der Waals surface area contributed by atoms with Crippen molar-refractivity contribution in [3.05, 3.63) is 11.8 Å². The van der Waals surface area contributed by atoms with Gasteiger partial charge >= 0.3 is 0 Å². The molecule has 3 heterocycles. The van der Waals surface area contributed by atoms with Crippen LogP contribution in [0.1, 0.15) is 45.4 Å². The molecular weight excluding hydrogens is 236 g/mol. The quantitative estimate of drug-likeness (QED) is 0.844. The van der Waals surface area contributed by atoms with Crippen LogP contribution < -0.4 is 5.32 Å². The number of hydrogen-bond acceptors (Lipinski definition) is 3. The maximum atomic E-state index is 5.95. The fourth-order valence-electron chi connectivity index (χ4n) is 4.24. The van der Waals surface area contributed by atoms with Gasteiger partial charge in [-0.2, -0.15) is 0 Å². The van der Waals surface area contributed by atoms with Gasteiger partial charge in [0.15, 0.2) is 0 Å². The van der Waals surface area contributed by atoms with Gasteiger partial charge in [0.1, 0.15) is 5.76 Å². The maximum absolute atomic E-state index is 5.95. The van der Waals surface area contributed by atoms with Crippen molar-refractivity contribution < 1.29 is 4.74 Å². The van der Waals surface area contributed by atoms with Gasteiger partial charge in [-0.15, -0.1) is 0 Å². The van der Waals surface area contributed by atoms with Crippen molar-refractivity contribution in [2.45, 2.75) is 63.6 Å². The van der Waals surface area contributed by atoms with E-state index in [1.807, 2.05) is 0 Å². The highest BCUT2D eigenvalue weighted by Crippen LogP contribution is 2.40. The zero-order chi connectivity index (χ0) is 13.2. The lowest BCUT2D eigenvalue weighted by molar-refractivity contribution is 0.0903. The molecule has 3 heteroatoms. The number of rotatable bonds is 4. The molecule has 3 aliphatic heterocycles. The number of fused-ring (bicyclic) bond motifs is 2. The summed E-state index contributed by atoms with van der Waals surface area (Å²) in [6, 6.07) is 2.09. The van der Waals surface area contributed by atoms with Crippen LogP contribution in [0.2, 0.25) is 0 Å². The molecule has 2 fully saturated rings. The zero-order valence-corrected chi connectivity index (χ0v) is 12.4. The Bertz CT molecular complexity index is 328. The van der Waals surface area contributed by atoms with E-state index in [0.29, 0.717) is 6.04 Å². The van der Waals surface area contributed by atoms with Crippen molar-refractivity contribution in [2.75, 3.05) is 20.2 Å². The molecule has 1 N–H and O–H groups in total. The first-order valence-corrected chi connectivity index (χ1v) is 8.07. The number of hydrogen-bond donors (Lipinski definition) is 1. The van der Waals surface area contributed by atoms with Crippen molar-refractivity contribution in [2.24, 2.45) is 5.92 Å². The monoisotopic (exact) mass is 264 g/mol. The van der Waals surface area contributed by atoms with E-state index in [4.69, 9.17) is 4.74 Å². The van der Waals surface area contributed by atoms with Gasteiger partial charge in [-0.25, -0.2) is 0 Å². The van der Waals surface area contributed by atoms with E-state index in [0.717, 1.165) is 31.2 Å². The van der Waals surface area contributed by atoms with Gasteiger partial charge in [-0.05, 0) is 64.1 Å². The Kier molecular flexibility index (Phi) is 4.13. The topological polar surface area (TPSA) is 24.5 Å². The van der Waals surface area contributed by atoms with Crippen LogP contribution in [-0.4, -0.2) is 43.2 Å². The van der Waals surface area contributed by atoms with Crippen LogP contribution in [0.3, 0.4) is 0 Å². The molecule has 0 saturated carbocycles. The molecule has 2 saturated heterocycles. The number of nitrogens with zero attached hydrogens (tertiary/aromatic N) is 1. The van der Waals surface area contributed by atoms with Gasteiger partial charge < -0.3 is 15.0 Å². The molecule has 0 spiro atoms. The third-order valence-electron chi connectivity index (χ3n) is 5.30. The Morgan fingerprint density at radius 1 is 1.37 bits per heavy atom. The van der Waals surface area contributed by atoms with E-state index < -0.39 is 0 Å². The third kappa shape index (κ3) is 2.68. The van der Waals surface area contributed by atoms with Crippen LogP contribution in [0.4, 0.5) is 0 Å². The minimum atomic E-state index is 0.460. The Morgan fingerprint density at radius 3 is 2.68 bits per heavy atom. The summed E-state index contributed by atoms with van der Waals surface area (Å²) in [6.45, 7) is 4.15. The van der Waals surface area contributed by atoms with Crippen LogP contribution >= 0.6 is 0 Å². The lowest BCUT2D eigenvalue weighted by Crippen LogP contribution is -2.48. The van der Waals surface area contributed by atoms with Gasteiger partial charge in [0.2, 0.25) is 0 Å². The minimum Gasteiger partial charge on any atom is -0.497 e. The van der Waals surface area contributed by atoms with Crippen LogP contribution in [-0.2, 0) is 4.74 Å². The molecule has 3 aliphatic rings. The lowest BCUT2D eigenvalue weighted by atomic mass is 9.83. The Hall–Kier alpha value is -0.540. The zero-order valence-electron chi connectivity index (χ0n) is 12.4. The fourth-order valence-corrected chi connectivity index (χ4v) is 4.24. The highest BCUT2D eigenvalue weighted by molar-refractivity contribution is 5.10. The smallest absolute Gasteiger partial charge is 0.109 e. The summed E-state index contributed by atoms with van der Waals surface area (Å²) in [6.07, 6.45) is 10.2. The fraction of sp³-hybridized carbons (Fsp3) is 0.875. The van der Waals surface area contributed by atoms with E-state index in [1.54, 1.807) is 0 Å². The van der Waals surface area contributed by atoms with Crippen molar-refractivity contribution >= 4 is 0 Å². The van der Waals surface area contributed by atoms with Crippen LogP contribution in [0.5, 0.6) is 0 Å². The molecule has 108 valence electrons. The minimum absolute atomic E-state index is 0.460. The predicted octanol–water partition coefficient (Wildman–Crippen LogP) is 2.53. The summed E-state index contributed by atoms with van der Waals surface area (Å²) in [4.78, 5) is 2.62. The summed E-state index contributed by atoms with van der Waals surface area (Å²) in [5.74, 6) is 2.00. The van der Waals surface area contributed by atoms with Gasteiger partial charge in [0, 0.05) is 12.1 Å². The van der Waals surface area contributed by atoms with E-state index in [-0.39, 0.29) is 0 Å². The SMILES string of the molecule is CCNC(C1=CCCCO1)C1CC2CCC(C1)N2C. The summed E-state index contributed by atoms with van der Waals surface area (Å²) in [5, 5.41) is 3.69. The second-order valence-electron chi connectivity index (χ2n) is 6.41. The molecule has 19 heavy (non-hydrogen) atoms. The van der Waals surface area contributed by atoms with Crippen molar-refractivity contribution in [3.8, 4) is 0 Å². The summed E-state index contributed by atoms with van der Waals surface area (Å²) < 4.78 is 5.95. The summed E-state index contributed by atoms with van der Waals surface area (Å²) >= 11 is 0. The van der Waals surface area contributed by atoms with Crippen LogP contribution in [0, 0.1) is 5.92 Å². The van der Waals surface area contributed by atoms with Crippen LogP contribution in [0.25, 0.3) is 0 Å². The van der Waals surface area contributed by atoms with Gasteiger partial charge in [0.05, 0.1) is 12.6 Å². The van der Waals surface area contributed by atoms with E-state index in [1.165, 1.54) is 44.3 Å². The average Bonchev–Trinajstić information content (AvgIpc) is 2.67. The van der Waals surface area contributed by atoms with Gasteiger partial charge in [-0.3, -0.25) is 0 Å². The number of nitrogens with one attached hydrogen (secondary N) is 1. The first-order chi connectivity index (χ1) is 9.29. The highest BCUT2D eigenvalue weighted by Gasteiger charge is 2.42. The van der Waals surface area contributed by atoms with Gasteiger partial charge in [-0.1, -0.05) is 6.92 Å². The van der Waals surface area contributed by atoms with E-state index >= 15 is 0 Å². The molecule has 0 aromatic carbocycles. The molecule has 3 rings (SSSR count). The molecule has 3 unspecified atom stereocenters. The number of allylic oxidation sites excluding steroid dienone is 1. The maximum Gasteiger partial charge on any atom is 0.109 e. The Balaban J connectivity index is 1.72. The third-order valence-corrected chi connectivity index (χ3v) is 5.30. The normalized spacial score (nSPS) is 36.7. The molecular formula is C16H28N2O. The largest absolute Gasteiger partial charge is 0.497 e. The van der Waals surface area contributed by atoms with E-state index in [2.05, 4.69) is 30.3 Å².